The van der Waals surface area contributed by atoms with E-state index < -0.39 is 12.1 Å². The lowest BCUT2D eigenvalue weighted by Crippen LogP contribution is -2.13. The van der Waals surface area contributed by atoms with E-state index in [1.807, 2.05) is 57.4 Å². The number of benzene rings is 2. The van der Waals surface area contributed by atoms with Crippen LogP contribution in [0.25, 0.3) is 33.2 Å². The lowest BCUT2D eigenvalue weighted by Gasteiger charge is -2.19. The molecule has 0 fully saturated rings. The maximum absolute atomic E-state index is 13.5. The Kier molecular flexibility index (Phi) is 5.80. The van der Waals surface area contributed by atoms with Gasteiger partial charge in [0.2, 0.25) is 0 Å². The van der Waals surface area contributed by atoms with Crippen LogP contribution in [0.4, 0.5) is 0 Å². The molecule has 0 aliphatic rings. The van der Waals surface area contributed by atoms with Crippen molar-refractivity contribution in [3.05, 3.63) is 87.5 Å². The minimum absolute atomic E-state index is 0.0755. The molecule has 0 spiro atoms. The number of methoxy groups -OCH3 is 1. The molecule has 0 unspecified atom stereocenters. The fourth-order valence-electron chi connectivity index (χ4n) is 4.42. The highest BCUT2D eigenvalue weighted by atomic mass is 16.5. The molecule has 8 heteroatoms. The average molecular weight is 484 g/mol. The zero-order valence-electron chi connectivity index (χ0n) is 20.7. The molecular weight excluding hydrogens is 458 g/mol. The Morgan fingerprint density at radius 3 is 2.72 bits per heavy atom. The third-order valence-corrected chi connectivity index (χ3v) is 6.16. The van der Waals surface area contributed by atoms with Crippen LogP contribution in [0, 0.1) is 13.8 Å². The minimum atomic E-state index is -0.595. The summed E-state index contributed by atoms with van der Waals surface area (Å²) in [4.78, 5) is 29.7. The largest absolute Gasteiger partial charge is 0.483 e. The first-order chi connectivity index (χ1) is 17.3. The van der Waals surface area contributed by atoms with Crippen molar-refractivity contribution in [2.45, 2.75) is 26.9 Å². The molecule has 1 atom stereocenters. The first-order valence-corrected chi connectivity index (χ1v) is 11.5. The number of nitrogens with zero attached hydrogens (tertiary/aromatic N) is 3. The normalized spacial score (nSPS) is 12.1. The summed E-state index contributed by atoms with van der Waals surface area (Å²) in [7, 11) is 3.16. The van der Waals surface area contributed by atoms with Crippen molar-refractivity contribution < 1.29 is 18.7 Å². The Balaban J connectivity index is 1.66. The molecule has 0 aliphatic heterocycles. The predicted molar refractivity (Wildman–Crippen MR) is 136 cm³/mol. The number of aryl methyl sites for hydroxylation is 2. The first-order valence-electron chi connectivity index (χ1n) is 11.5. The molecule has 3 aromatic heterocycles. The average Bonchev–Trinajstić information content (AvgIpc) is 3.25. The van der Waals surface area contributed by atoms with Crippen LogP contribution in [0.3, 0.4) is 0 Å². The van der Waals surface area contributed by atoms with Crippen LogP contribution in [0.5, 0.6) is 5.75 Å². The molecule has 182 valence electrons. The summed E-state index contributed by atoms with van der Waals surface area (Å²) in [5, 5.41) is 5.84. The second-order valence-corrected chi connectivity index (χ2v) is 8.79. The van der Waals surface area contributed by atoms with Gasteiger partial charge in [0.25, 0.3) is 0 Å². The molecule has 0 saturated carbocycles. The van der Waals surface area contributed by atoms with E-state index in [0.29, 0.717) is 27.9 Å². The van der Waals surface area contributed by atoms with Crippen molar-refractivity contribution in [2.75, 3.05) is 7.11 Å². The van der Waals surface area contributed by atoms with Crippen LogP contribution >= 0.6 is 0 Å². The van der Waals surface area contributed by atoms with E-state index in [2.05, 4.69) is 10.1 Å². The molecule has 0 amide bonds. The van der Waals surface area contributed by atoms with Gasteiger partial charge in [0.05, 0.1) is 18.0 Å². The van der Waals surface area contributed by atoms with E-state index >= 15 is 0 Å². The molecule has 2 aromatic carbocycles. The fourth-order valence-corrected chi connectivity index (χ4v) is 4.42. The Morgan fingerprint density at radius 1 is 1.14 bits per heavy atom. The number of carbonyl (C=O) groups is 1. The zero-order chi connectivity index (χ0) is 25.6. The van der Waals surface area contributed by atoms with Gasteiger partial charge in [0.1, 0.15) is 17.4 Å². The van der Waals surface area contributed by atoms with Gasteiger partial charge in [-0.15, -0.1) is 0 Å². The van der Waals surface area contributed by atoms with Crippen LogP contribution in [0.1, 0.15) is 40.2 Å². The Hall–Kier alpha value is -4.46. The van der Waals surface area contributed by atoms with E-state index in [1.165, 1.54) is 13.3 Å². The standard InChI is InChI=1S/C28H25N3O5/c1-15-11-20(17(3)35-23-7-6-10-29-24(23)28(33)34-5)27-21(12-15)25(32)16(2)26(36-27)18-8-9-22-19(13-18)14-31(4)30-22/h6-14,17H,1-5H3/t17-/m1/s1. The van der Waals surface area contributed by atoms with Gasteiger partial charge in [-0.3, -0.25) is 9.48 Å². The molecule has 3 heterocycles. The highest BCUT2D eigenvalue weighted by molar-refractivity contribution is 5.90. The fraction of sp³-hybridized carbons (Fsp3) is 0.214. The lowest BCUT2D eigenvalue weighted by molar-refractivity contribution is 0.0586. The van der Waals surface area contributed by atoms with Crippen LogP contribution in [0.2, 0.25) is 0 Å². The summed E-state index contributed by atoms with van der Waals surface area (Å²) in [6.07, 6.45) is 2.86. The number of pyridine rings is 1. The molecule has 5 aromatic rings. The van der Waals surface area contributed by atoms with Gasteiger partial charge in [0, 0.05) is 41.5 Å². The Labute approximate surface area is 207 Å². The number of ether oxygens (including phenoxy) is 2. The first kappa shape index (κ1) is 23.3. The van der Waals surface area contributed by atoms with E-state index in [9.17, 15) is 9.59 Å². The van der Waals surface area contributed by atoms with E-state index in [0.717, 1.165) is 22.0 Å². The third kappa shape index (κ3) is 4.00. The lowest BCUT2D eigenvalue weighted by atomic mass is 9.99. The maximum Gasteiger partial charge on any atom is 0.360 e. The van der Waals surface area contributed by atoms with Gasteiger partial charge >= 0.3 is 5.97 Å². The number of hydrogen-bond donors (Lipinski definition) is 0. The van der Waals surface area contributed by atoms with Crippen LogP contribution < -0.4 is 10.2 Å². The highest BCUT2D eigenvalue weighted by Crippen LogP contribution is 2.34. The van der Waals surface area contributed by atoms with Crippen LogP contribution in [-0.2, 0) is 11.8 Å². The third-order valence-electron chi connectivity index (χ3n) is 6.16. The molecule has 5 rings (SSSR count). The van der Waals surface area contributed by atoms with Crippen molar-refractivity contribution in [2.24, 2.45) is 7.05 Å². The Morgan fingerprint density at radius 2 is 1.94 bits per heavy atom. The summed E-state index contributed by atoms with van der Waals surface area (Å²) in [6, 6.07) is 12.9. The van der Waals surface area contributed by atoms with Crippen molar-refractivity contribution >= 4 is 27.8 Å². The zero-order valence-corrected chi connectivity index (χ0v) is 20.7. The summed E-state index contributed by atoms with van der Waals surface area (Å²) < 4.78 is 19.2. The van der Waals surface area contributed by atoms with Gasteiger partial charge < -0.3 is 13.9 Å². The number of carbonyl (C=O) groups excluding carboxylic acids is 1. The van der Waals surface area contributed by atoms with Gasteiger partial charge in [-0.05, 0) is 68.8 Å². The molecule has 0 saturated heterocycles. The van der Waals surface area contributed by atoms with Crippen molar-refractivity contribution in [3.63, 3.8) is 0 Å². The summed E-state index contributed by atoms with van der Waals surface area (Å²) in [6.45, 7) is 5.52. The maximum atomic E-state index is 13.5. The molecule has 0 bridgehead atoms. The number of aromatic nitrogens is 3. The predicted octanol–water partition coefficient (Wildman–Crippen LogP) is 5.29. The number of fused-ring (bicyclic) bond motifs is 2. The van der Waals surface area contributed by atoms with Gasteiger partial charge in [-0.1, -0.05) is 0 Å². The molecule has 0 N–H and O–H groups in total. The molecule has 8 nitrogen and oxygen atoms in total. The SMILES string of the molecule is COC(=O)c1ncccc1O[C@H](C)c1cc(C)cc2c(=O)c(C)c(-c3ccc4nn(C)cc4c3)oc12. The second-order valence-electron chi connectivity index (χ2n) is 8.79. The summed E-state index contributed by atoms with van der Waals surface area (Å²) >= 11 is 0. The highest BCUT2D eigenvalue weighted by Gasteiger charge is 2.22. The van der Waals surface area contributed by atoms with Gasteiger partial charge in [-0.2, -0.15) is 5.10 Å². The quantitative estimate of drug-likeness (QED) is 0.314. The molecular formula is C28H25N3O5. The van der Waals surface area contributed by atoms with Gasteiger partial charge in [0.15, 0.2) is 16.9 Å². The monoisotopic (exact) mass is 483 g/mol. The van der Waals surface area contributed by atoms with E-state index in [1.54, 1.807) is 23.7 Å². The van der Waals surface area contributed by atoms with Crippen molar-refractivity contribution in [3.8, 4) is 17.1 Å². The molecule has 36 heavy (non-hydrogen) atoms. The van der Waals surface area contributed by atoms with E-state index in [4.69, 9.17) is 13.9 Å². The number of hydrogen-bond acceptors (Lipinski definition) is 7. The number of rotatable bonds is 5. The van der Waals surface area contributed by atoms with Crippen LogP contribution in [-0.4, -0.2) is 27.8 Å². The van der Waals surface area contributed by atoms with Crippen LogP contribution in [0.15, 0.2) is 64.1 Å². The van der Waals surface area contributed by atoms with E-state index in [-0.39, 0.29) is 16.9 Å². The topological polar surface area (TPSA) is 96.5 Å². The number of esters is 1. The minimum Gasteiger partial charge on any atom is -0.483 e. The molecule has 0 radical (unpaired) electrons. The second kappa shape index (κ2) is 8.96. The summed E-state index contributed by atoms with van der Waals surface area (Å²) in [5.41, 5.74) is 4.15. The van der Waals surface area contributed by atoms with Crippen molar-refractivity contribution in [1.82, 2.24) is 14.8 Å². The Bertz CT molecular complexity index is 1700. The smallest absolute Gasteiger partial charge is 0.360 e. The molecule has 0 aliphatic carbocycles. The van der Waals surface area contributed by atoms with Gasteiger partial charge in [-0.25, -0.2) is 9.78 Å². The summed E-state index contributed by atoms with van der Waals surface area (Å²) in [5.74, 6) is 0.178. The van der Waals surface area contributed by atoms with Crippen molar-refractivity contribution in [1.29, 1.82) is 0 Å².